The minimum absolute atomic E-state index is 0.0973. The quantitative estimate of drug-likeness (QED) is 0.618. The number of aliphatic hydroxyl groups is 1. The van der Waals surface area contributed by atoms with E-state index in [1.807, 2.05) is 6.07 Å². The van der Waals surface area contributed by atoms with E-state index in [0.29, 0.717) is 0 Å². The molecule has 1 rings (SSSR count). The Morgan fingerprint density at radius 2 is 2.31 bits per heavy atom. The molecule has 0 aromatic heterocycles. The summed E-state index contributed by atoms with van der Waals surface area (Å²) in [6.45, 7) is -0.379. The first-order chi connectivity index (χ1) is 7.69. The van der Waals surface area contributed by atoms with Gasteiger partial charge in [-0.3, -0.25) is 10.1 Å². The summed E-state index contributed by atoms with van der Waals surface area (Å²) < 4.78 is 0. The number of aliphatic hydroxyl groups excluding tert-OH is 1. The molecule has 0 heterocycles. The normalized spacial score (nSPS) is 10.2. The molecule has 0 aliphatic heterocycles. The molecular formula is C11H10N2O3. The summed E-state index contributed by atoms with van der Waals surface area (Å²) in [6.07, 6.45) is 3.62. The second-order valence-corrected chi connectivity index (χ2v) is 3.07. The Morgan fingerprint density at radius 3 is 2.88 bits per heavy atom. The molecule has 5 heteroatoms. The summed E-state index contributed by atoms with van der Waals surface area (Å²) >= 11 is 0. The van der Waals surface area contributed by atoms with Crippen LogP contribution in [0.15, 0.2) is 24.3 Å². The summed E-state index contributed by atoms with van der Waals surface area (Å²) in [6, 6.07) is 6.40. The smallest absolute Gasteiger partial charge is 0.274 e. The highest BCUT2D eigenvalue weighted by atomic mass is 16.6. The van der Waals surface area contributed by atoms with Crippen LogP contribution in [0.5, 0.6) is 0 Å². The third-order valence-electron chi connectivity index (χ3n) is 1.99. The predicted molar refractivity (Wildman–Crippen MR) is 58.3 cm³/mol. The van der Waals surface area contributed by atoms with E-state index >= 15 is 0 Å². The topological polar surface area (TPSA) is 87.2 Å². The molecule has 0 amide bonds. The zero-order valence-corrected chi connectivity index (χ0v) is 8.46. The van der Waals surface area contributed by atoms with Crippen molar-refractivity contribution in [3.63, 3.8) is 0 Å². The predicted octanol–water partition coefficient (Wildman–Crippen LogP) is 2.01. The molecule has 5 nitrogen and oxygen atoms in total. The van der Waals surface area contributed by atoms with Gasteiger partial charge < -0.3 is 5.11 Å². The van der Waals surface area contributed by atoms with Gasteiger partial charge in [0.15, 0.2) is 0 Å². The molecule has 0 unspecified atom stereocenters. The lowest BCUT2D eigenvalue weighted by molar-refractivity contribution is -0.385. The van der Waals surface area contributed by atoms with Gasteiger partial charge in [0, 0.05) is 6.07 Å². The molecule has 0 saturated heterocycles. The first-order valence-electron chi connectivity index (χ1n) is 4.60. The Balaban J connectivity index is 3.00. The minimum Gasteiger partial charge on any atom is -0.391 e. The fourth-order valence-electron chi connectivity index (χ4n) is 1.26. The van der Waals surface area contributed by atoms with Crippen LogP contribution in [-0.2, 0) is 6.61 Å². The van der Waals surface area contributed by atoms with Crippen molar-refractivity contribution in [1.29, 1.82) is 5.26 Å². The van der Waals surface area contributed by atoms with Crippen LogP contribution in [0.1, 0.15) is 17.5 Å². The van der Waals surface area contributed by atoms with Crippen LogP contribution in [0, 0.1) is 21.4 Å². The first-order valence-corrected chi connectivity index (χ1v) is 4.60. The van der Waals surface area contributed by atoms with Crippen LogP contribution in [-0.4, -0.2) is 10.0 Å². The molecule has 1 N–H and O–H groups in total. The fourth-order valence-corrected chi connectivity index (χ4v) is 1.26. The maximum Gasteiger partial charge on any atom is 0.274 e. The first kappa shape index (κ1) is 11.9. The van der Waals surface area contributed by atoms with E-state index in [1.54, 1.807) is 18.2 Å². The van der Waals surface area contributed by atoms with Crippen LogP contribution in [0.3, 0.4) is 0 Å². The highest BCUT2D eigenvalue weighted by Crippen LogP contribution is 2.20. The number of nitro groups is 1. The Morgan fingerprint density at radius 1 is 1.56 bits per heavy atom. The highest BCUT2D eigenvalue weighted by Gasteiger charge is 2.12. The van der Waals surface area contributed by atoms with Crippen molar-refractivity contribution in [2.24, 2.45) is 0 Å². The highest BCUT2D eigenvalue weighted by molar-refractivity contribution is 5.55. The molecule has 0 fully saturated rings. The van der Waals surface area contributed by atoms with Crippen molar-refractivity contribution < 1.29 is 10.0 Å². The van der Waals surface area contributed by atoms with E-state index < -0.39 is 4.92 Å². The number of hydrogen-bond acceptors (Lipinski definition) is 4. The Labute approximate surface area is 92.4 Å². The van der Waals surface area contributed by atoms with Gasteiger partial charge in [-0.2, -0.15) is 5.26 Å². The van der Waals surface area contributed by atoms with Crippen molar-refractivity contribution in [3.8, 4) is 6.07 Å². The van der Waals surface area contributed by atoms with Gasteiger partial charge >= 0.3 is 0 Å². The molecule has 0 aliphatic rings. The molecule has 82 valence electrons. The van der Waals surface area contributed by atoms with E-state index in [-0.39, 0.29) is 24.3 Å². The molecule has 1 aromatic carbocycles. The lowest BCUT2D eigenvalue weighted by atomic mass is 10.1. The number of rotatable bonds is 4. The van der Waals surface area contributed by atoms with Crippen LogP contribution < -0.4 is 0 Å². The molecule has 0 bridgehead atoms. The molecule has 16 heavy (non-hydrogen) atoms. The SMILES string of the molecule is N#CCC=Cc1ccc([N+](=O)[O-])c(CO)c1. The largest absolute Gasteiger partial charge is 0.391 e. The van der Waals surface area contributed by atoms with Crippen molar-refractivity contribution in [2.45, 2.75) is 13.0 Å². The van der Waals surface area contributed by atoms with Crippen molar-refractivity contribution in [2.75, 3.05) is 0 Å². The molecule has 1 aromatic rings. The zero-order chi connectivity index (χ0) is 12.0. The van der Waals surface area contributed by atoms with Crippen molar-refractivity contribution >= 4 is 11.8 Å². The van der Waals surface area contributed by atoms with Gasteiger partial charge in [0.1, 0.15) is 0 Å². The second-order valence-electron chi connectivity index (χ2n) is 3.07. The third-order valence-corrected chi connectivity index (χ3v) is 1.99. The molecule has 0 atom stereocenters. The lowest BCUT2D eigenvalue weighted by Gasteiger charge is -2.00. The van der Waals surface area contributed by atoms with Gasteiger partial charge in [-0.15, -0.1) is 0 Å². The van der Waals surface area contributed by atoms with Crippen LogP contribution in [0.4, 0.5) is 5.69 Å². The number of nitro benzene ring substituents is 1. The molecule has 0 spiro atoms. The zero-order valence-electron chi connectivity index (χ0n) is 8.46. The van der Waals surface area contributed by atoms with E-state index in [2.05, 4.69) is 0 Å². The summed E-state index contributed by atoms with van der Waals surface area (Å²) in [5.41, 5.74) is 0.897. The van der Waals surface area contributed by atoms with Gasteiger partial charge in [-0.05, 0) is 17.7 Å². The Kier molecular flexibility index (Phi) is 4.18. The number of benzene rings is 1. The average Bonchev–Trinajstić information content (AvgIpc) is 2.29. The number of nitriles is 1. The molecule has 0 aliphatic carbocycles. The van der Waals surface area contributed by atoms with Gasteiger partial charge in [0.05, 0.1) is 29.6 Å². The second kappa shape index (κ2) is 5.63. The van der Waals surface area contributed by atoms with Gasteiger partial charge in [0.25, 0.3) is 5.69 Å². The summed E-state index contributed by atoms with van der Waals surface area (Å²) in [4.78, 5) is 10.1. The van der Waals surface area contributed by atoms with Crippen molar-refractivity contribution in [1.82, 2.24) is 0 Å². The number of nitrogens with zero attached hydrogens (tertiary/aromatic N) is 2. The van der Waals surface area contributed by atoms with E-state index in [9.17, 15) is 10.1 Å². The van der Waals surface area contributed by atoms with E-state index in [4.69, 9.17) is 10.4 Å². The van der Waals surface area contributed by atoms with Crippen molar-refractivity contribution in [3.05, 3.63) is 45.5 Å². The lowest BCUT2D eigenvalue weighted by Crippen LogP contribution is -1.95. The fraction of sp³-hybridized carbons (Fsp3) is 0.182. The summed E-state index contributed by atoms with van der Waals surface area (Å²) in [7, 11) is 0. The summed E-state index contributed by atoms with van der Waals surface area (Å²) in [5.74, 6) is 0. The molecular weight excluding hydrogens is 208 g/mol. The van der Waals surface area contributed by atoms with Gasteiger partial charge in [-0.25, -0.2) is 0 Å². The average molecular weight is 218 g/mol. The number of allylic oxidation sites excluding steroid dienone is 1. The van der Waals surface area contributed by atoms with Gasteiger partial charge in [-0.1, -0.05) is 12.2 Å². The minimum atomic E-state index is -0.533. The van der Waals surface area contributed by atoms with Crippen LogP contribution in [0.25, 0.3) is 6.08 Å². The molecule has 0 radical (unpaired) electrons. The monoisotopic (exact) mass is 218 g/mol. The maximum absolute atomic E-state index is 10.6. The Bertz CT molecular complexity index is 461. The Hall–Kier alpha value is -2.19. The van der Waals surface area contributed by atoms with Crippen LogP contribution in [0.2, 0.25) is 0 Å². The maximum atomic E-state index is 10.6. The molecule has 0 saturated carbocycles. The standard InChI is InChI=1S/C11H10N2O3/c12-6-2-1-3-9-4-5-11(13(15)16)10(7-9)8-14/h1,3-5,7,14H,2,8H2. The number of hydrogen-bond donors (Lipinski definition) is 1. The van der Waals surface area contributed by atoms with E-state index in [1.165, 1.54) is 12.1 Å². The third kappa shape index (κ3) is 2.90. The summed E-state index contributed by atoms with van der Waals surface area (Å²) in [5, 5.41) is 27.9. The van der Waals surface area contributed by atoms with E-state index in [0.717, 1.165) is 5.56 Å². The van der Waals surface area contributed by atoms with Gasteiger partial charge in [0.2, 0.25) is 0 Å². The van der Waals surface area contributed by atoms with Crippen LogP contribution >= 0.6 is 0 Å².